The summed E-state index contributed by atoms with van der Waals surface area (Å²) in [5.74, 6) is 0. The lowest BCUT2D eigenvalue weighted by atomic mass is 11.4. The summed E-state index contributed by atoms with van der Waals surface area (Å²) in [5, 5.41) is 13.8. The molecule has 30 valence electrons. The first kappa shape index (κ1) is 4.43. The van der Waals surface area contributed by atoms with Crippen LogP contribution in [0.3, 0.4) is 0 Å². The highest BCUT2D eigenvalue weighted by Gasteiger charge is 1.58. The third-order valence-electron chi connectivity index (χ3n) is 0.158. The molecule has 0 fully saturated rings. The van der Waals surface area contributed by atoms with Crippen molar-refractivity contribution in [1.29, 1.82) is 5.41 Å². The van der Waals surface area contributed by atoms with Crippen LogP contribution < -0.4 is 0 Å². The van der Waals surface area contributed by atoms with E-state index >= 15 is 0 Å². The van der Waals surface area contributed by atoms with Crippen molar-refractivity contribution in [3.63, 3.8) is 0 Å². The predicted octanol–water partition coefficient (Wildman–Crippen LogP) is -0.440. The standard InChI is InChI=1S/C2H5NO2/c3-1-5-2-4/h1,3-4H,2H2. The van der Waals surface area contributed by atoms with Gasteiger partial charge in [0.1, 0.15) is 0 Å². The molecule has 0 atom stereocenters. The van der Waals surface area contributed by atoms with Gasteiger partial charge in [0.15, 0.2) is 13.2 Å². The zero-order valence-electron chi connectivity index (χ0n) is 2.64. The van der Waals surface area contributed by atoms with Crippen LogP contribution in [-0.4, -0.2) is 18.3 Å². The van der Waals surface area contributed by atoms with Gasteiger partial charge in [-0.3, -0.25) is 5.41 Å². The lowest BCUT2D eigenvalue weighted by molar-refractivity contribution is 0.0942. The van der Waals surface area contributed by atoms with Gasteiger partial charge in [0.2, 0.25) is 0 Å². The minimum Gasteiger partial charge on any atom is -0.458 e. The lowest BCUT2D eigenvalue weighted by Crippen LogP contribution is -1.84. The Hall–Kier alpha value is -0.570. The summed E-state index contributed by atoms with van der Waals surface area (Å²) in [6, 6.07) is 0. The largest absolute Gasteiger partial charge is 0.458 e. The highest BCUT2D eigenvalue weighted by atomic mass is 16.6. The highest BCUT2D eigenvalue weighted by Crippen LogP contribution is 1.50. The predicted molar refractivity (Wildman–Crippen MR) is 17.0 cm³/mol. The van der Waals surface area contributed by atoms with E-state index < -0.39 is 6.79 Å². The maximum atomic E-state index is 7.69. The summed E-state index contributed by atoms with van der Waals surface area (Å²) in [6.45, 7) is -0.399. The van der Waals surface area contributed by atoms with Gasteiger partial charge in [-0.15, -0.1) is 0 Å². The molecule has 0 saturated heterocycles. The summed E-state index contributed by atoms with van der Waals surface area (Å²) in [5.41, 5.74) is 0. The second-order valence-corrected chi connectivity index (χ2v) is 0.414. The molecule has 0 spiro atoms. The topological polar surface area (TPSA) is 53.3 Å². The molecule has 5 heavy (non-hydrogen) atoms. The van der Waals surface area contributed by atoms with E-state index in [2.05, 4.69) is 4.74 Å². The monoisotopic (exact) mass is 75.0 g/mol. The zero-order valence-corrected chi connectivity index (χ0v) is 2.64. The van der Waals surface area contributed by atoms with E-state index in [1.165, 1.54) is 0 Å². The van der Waals surface area contributed by atoms with E-state index in [1.807, 2.05) is 0 Å². The molecule has 3 nitrogen and oxygen atoms in total. The number of aliphatic hydroxyl groups is 1. The molecule has 0 unspecified atom stereocenters. The van der Waals surface area contributed by atoms with E-state index in [0.717, 1.165) is 0 Å². The Morgan fingerprint density at radius 1 is 2.00 bits per heavy atom. The van der Waals surface area contributed by atoms with E-state index in [1.54, 1.807) is 0 Å². The molecule has 0 aliphatic rings. The number of hydrogen-bond donors (Lipinski definition) is 2. The van der Waals surface area contributed by atoms with Crippen LogP contribution in [0.15, 0.2) is 0 Å². The van der Waals surface area contributed by atoms with E-state index in [9.17, 15) is 0 Å². The molecule has 3 heteroatoms. The summed E-state index contributed by atoms with van der Waals surface area (Å²) < 4.78 is 3.93. The Labute approximate surface area is 29.7 Å². The van der Waals surface area contributed by atoms with Gasteiger partial charge >= 0.3 is 0 Å². The average Bonchev–Trinajstić information content (AvgIpc) is 1.41. The number of nitrogens with one attached hydrogen (secondary N) is 1. The molecule has 0 rings (SSSR count). The maximum absolute atomic E-state index is 7.69. The molecule has 2 N–H and O–H groups in total. The Kier molecular flexibility index (Phi) is 3.04. The number of hydrogen-bond acceptors (Lipinski definition) is 3. The molecule has 0 aromatic rings. The molecule has 0 aliphatic heterocycles. The summed E-state index contributed by atoms with van der Waals surface area (Å²) in [4.78, 5) is 0. The molecule has 0 heterocycles. The van der Waals surface area contributed by atoms with Crippen LogP contribution >= 0.6 is 0 Å². The average molecular weight is 75.1 g/mol. The fraction of sp³-hybridized carbons (Fsp3) is 0.500. The Bertz CT molecular complexity index is 28.8. The number of aliphatic hydroxyl groups excluding tert-OH is 1. The molecule has 0 amide bonds. The van der Waals surface area contributed by atoms with Gasteiger partial charge < -0.3 is 9.84 Å². The Balaban J connectivity index is 2.40. The van der Waals surface area contributed by atoms with Crippen LogP contribution in [0.1, 0.15) is 0 Å². The second-order valence-electron chi connectivity index (χ2n) is 0.414. The zero-order chi connectivity index (χ0) is 4.12. The van der Waals surface area contributed by atoms with Crippen molar-refractivity contribution < 1.29 is 9.84 Å². The van der Waals surface area contributed by atoms with Crippen LogP contribution in [-0.2, 0) is 4.74 Å². The van der Waals surface area contributed by atoms with Crippen molar-refractivity contribution in [2.75, 3.05) is 6.79 Å². The first-order valence-electron chi connectivity index (χ1n) is 1.13. The number of ether oxygens (including phenoxy) is 1. The van der Waals surface area contributed by atoms with E-state index in [-0.39, 0.29) is 0 Å². The van der Waals surface area contributed by atoms with Crippen LogP contribution in [0.5, 0.6) is 0 Å². The molecular formula is C2H5NO2. The van der Waals surface area contributed by atoms with Gasteiger partial charge in [0, 0.05) is 0 Å². The van der Waals surface area contributed by atoms with Gasteiger partial charge in [-0.2, -0.15) is 0 Å². The smallest absolute Gasteiger partial charge is 0.187 e. The molecular weight excluding hydrogens is 70.0 g/mol. The molecule has 0 aliphatic carbocycles. The fourth-order valence-corrected chi connectivity index (χ4v) is 0.0373. The van der Waals surface area contributed by atoms with Crippen LogP contribution in [0.4, 0.5) is 0 Å². The molecule has 0 bridgehead atoms. The Morgan fingerprint density at radius 3 is 2.60 bits per heavy atom. The normalized spacial score (nSPS) is 6.60. The fourth-order valence-electron chi connectivity index (χ4n) is 0.0373. The quantitative estimate of drug-likeness (QED) is 0.265. The highest BCUT2D eigenvalue weighted by molar-refractivity contribution is 5.40. The molecule has 0 radical (unpaired) electrons. The first-order valence-corrected chi connectivity index (χ1v) is 1.13. The van der Waals surface area contributed by atoms with Crippen LogP contribution in [0, 0.1) is 5.41 Å². The van der Waals surface area contributed by atoms with Gasteiger partial charge in [-0.25, -0.2) is 0 Å². The lowest BCUT2D eigenvalue weighted by Gasteiger charge is -1.82. The Morgan fingerprint density at radius 2 is 2.60 bits per heavy atom. The van der Waals surface area contributed by atoms with Crippen molar-refractivity contribution in [3.8, 4) is 0 Å². The van der Waals surface area contributed by atoms with E-state index in [4.69, 9.17) is 10.5 Å². The first-order chi connectivity index (χ1) is 2.41. The summed E-state index contributed by atoms with van der Waals surface area (Å²) in [6.07, 6.45) is 0.681. The minimum atomic E-state index is -0.399. The molecule has 0 saturated carbocycles. The SMILES string of the molecule is N=COCO. The minimum absolute atomic E-state index is 0.399. The van der Waals surface area contributed by atoms with Gasteiger partial charge in [0.25, 0.3) is 0 Å². The van der Waals surface area contributed by atoms with Crippen LogP contribution in [0.2, 0.25) is 0 Å². The van der Waals surface area contributed by atoms with Gasteiger partial charge in [-0.05, 0) is 0 Å². The third-order valence-corrected chi connectivity index (χ3v) is 0.158. The van der Waals surface area contributed by atoms with Crippen LogP contribution in [0.25, 0.3) is 0 Å². The van der Waals surface area contributed by atoms with Crippen molar-refractivity contribution in [2.45, 2.75) is 0 Å². The van der Waals surface area contributed by atoms with Gasteiger partial charge in [-0.1, -0.05) is 0 Å². The van der Waals surface area contributed by atoms with Crippen molar-refractivity contribution in [3.05, 3.63) is 0 Å². The van der Waals surface area contributed by atoms with E-state index in [0.29, 0.717) is 6.40 Å². The molecule has 0 aromatic heterocycles. The second kappa shape index (κ2) is 3.43. The van der Waals surface area contributed by atoms with Crippen molar-refractivity contribution in [2.24, 2.45) is 0 Å². The van der Waals surface area contributed by atoms with Crippen molar-refractivity contribution >= 4 is 6.40 Å². The van der Waals surface area contributed by atoms with Crippen molar-refractivity contribution in [1.82, 2.24) is 0 Å². The maximum Gasteiger partial charge on any atom is 0.187 e. The van der Waals surface area contributed by atoms with Gasteiger partial charge in [0.05, 0.1) is 0 Å². The summed E-state index contributed by atoms with van der Waals surface area (Å²) in [7, 11) is 0. The summed E-state index contributed by atoms with van der Waals surface area (Å²) >= 11 is 0. The third kappa shape index (κ3) is 3.43. The molecule has 0 aromatic carbocycles. The number of rotatable bonds is 2.